The zero-order chi connectivity index (χ0) is 16.7. The molecule has 0 aliphatic heterocycles. The summed E-state index contributed by atoms with van der Waals surface area (Å²) in [4.78, 5) is 11.9. The van der Waals surface area contributed by atoms with Crippen molar-refractivity contribution in [2.24, 2.45) is 5.10 Å². The van der Waals surface area contributed by atoms with E-state index in [9.17, 15) is 13.2 Å². The first-order valence-corrected chi connectivity index (χ1v) is 8.32. The molecule has 0 aliphatic carbocycles. The molecule has 1 amide bonds. The van der Waals surface area contributed by atoms with Crippen LogP contribution in [-0.4, -0.2) is 38.4 Å². The van der Waals surface area contributed by atoms with Gasteiger partial charge in [-0.15, -0.1) is 0 Å². The predicted molar refractivity (Wildman–Crippen MR) is 88.4 cm³/mol. The number of nitrogens with zero attached hydrogens (tertiary/aromatic N) is 2. The summed E-state index contributed by atoms with van der Waals surface area (Å²) in [5, 5.41) is 3.80. The highest BCUT2D eigenvalue weighted by Crippen LogP contribution is 2.12. The summed E-state index contributed by atoms with van der Waals surface area (Å²) in [6.07, 6.45) is 1.49. The summed E-state index contributed by atoms with van der Waals surface area (Å²) in [5.41, 5.74) is 3.14. The molecule has 0 heterocycles. The first kappa shape index (κ1) is 16.9. The second-order valence-corrected chi connectivity index (χ2v) is 6.82. The molecule has 1 N–H and O–H groups in total. The Morgan fingerprint density at radius 3 is 2.26 bits per heavy atom. The predicted octanol–water partition coefficient (Wildman–Crippen LogP) is 1.46. The Morgan fingerprint density at radius 2 is 1.65 bits per heavy atom. The van der Waals surface area contributed by atoms with Gasteiger partial charge in [0.1, 0.15) is 0 Å². The van der Waals surface area contributed by atoms with Crippen molar-refractivity contribution in [1.82, 2.24) is 9.73 Å². The molecule has 0 atom stereocenters. The van der Waals surface area contributed by atoms with E-state index in [1.807, 2.05) is 30.3 Å². The van der Waals surface area contributed by atoms with Crippen molar-refractivity contribution in [3.8, 4) is 0 Å². The second-order valence-electron chi connectivity index (χ2n) is 4.78. The molecule has 2 aromatic carbocycles. The van der Waals surface area contributed by atoms with Crippen molar-refractivity contribution in [1.29, 1.82) is 0 Å². The number of carbonyl (C=O) groups is 1. The third kappa shape index (κ3) is 4.73. The average Bonchev–Trinajstić information content (AvgIpc) is 2.56. The number of sulfonamides is 1. The van der Waals surface area contributed by atoms with E-state index in [-0.39, 0.29) is 11.4 Å². The van der Waals surface area contributed by atoms with Gasteiger partial charge in [0.25, 0.3) is 5.91 Å². The van der Waals surface area contributed by atoms with Crippen LogP contribution in [0.25, 0.3) is 0 Å². The van der Waals surface area contributed by atoms with Crippen LogP contribution >= 0.6 is 0 Å². The van der Waals surface area contributed by atoms with Gasteiger partial charge in [-0.2, -0.15) is 9.41 Å². The van der Waals surface area contributed by atoms with E-state index >= 15 is 0 Å². The van der Waals surface area contributed by atoms with Gasteiger partial charge >= 0.3 is 0 Å². The third-order valence-corrected chi connectivity index (χ3v) is 4.84. The van der Waals surface area contributed by atoms with Gasteiger partial charge in [-0.3, -0.25) is 4.79 Å². The molecule has 0 radical (unpaired) electrons. The number of carbonyl (C=O) groups excluding carboxylic acids is 1. The number of likely N-dealkylation sites (N-methyl/N-ethyl adjacent to an activating group) is 1. The molecule has 0 unspecified atom stereocenters. The summed E-state index contributed by atoms with van der Waals surface area (Å²) >= 11 is 0. The molecule has 2 rings (SSSR count). The van der Waals surface area contributed by atoms with Crippen LogP contribution in [0.3, 0.4) is 0 Å². The minimum Gasteiger partial charge on any atom is -0.272 e. The zero-order valence-corrected chi connectivity index (χ0v) is 13.4. The maximum Gasteiger partial charge on any atom is 0.255 e. The van der Waals surface area contributed by atoms with Gasteiger partial charge in [0, 0.05) is 7.05 Å². The van der Waals surface area contributed by atoms with E-state index in [0.29, 0.717) is 0 Å². The molecular weight excluding hydrogens is 314 g/mol. The Labute approximate surface area is 135 Å². The highest BCUT2D eigenvalue weighted by atomic mass is 32.2. The monoisotopic (exact) mass is 331 g/mol. The lowest BCUT2D eigenvalue weighted by Crippen LogP contribution is -2.36. The Balaban J connectivity index is 1.93. The van der Waals surface area contributed by atoms with Crippen molar-refractivity contribution in [2.45, 2.75) is 4.90 Å². The van der Waals surface area contributed by atoms with Crippen LogP contribution in [0, 0.1) is 0 Å². The summed E-state index contributed by atoms with van der Waals surface area (Å²) < 4.78 is 25.5. The summed E-state index contributed by atoms with van der Waals surface area (Å²) in [6, 6.07) is 17.2. The Kier molecular flexibility index (Phi) is 5.61. The van der Waals surface area contributed by atoms with E-state index in [1.165, 1.54) is 25.4 Å². The number of amides is 1. The van der Waals surface area contributed by atoms with E-state index in [1.54, 1.807) is 18.2 Å². The molecule has 0 bridgehead atoms. The van der Waals surface area contributed by atoms with Crippen LogP contribution in [0.5, 0.6) is 0 Å². The molecule has 0 saturated carbocycles. The highest BCUT2D eigenvalue weighted by molar-refractivity contribution is 7.89. The first-order valence-electron chi connectivity index (χ1n) is 6.88. The number of nitrogens with one attached hydrogen (secondary N) is 1. The Morgan fingerprint density at radius 1 is 1.09 bits per heavy atom. The van der Waals surface area contributed by atoms with Crippen molar-refractivity contribution < 1.29 is 13.2 Å². The number of hydrogen-bond acceptors (Lipinski definition) is 4. The maximum atomic E-state index is 12.3. The summed E-state index contributed by atoms with van der Waals surface area (Å²) in [7, 11) is -2.34. The molecular formula is C16H17N3O3S. The fourth-order valence-corrected chi connectivity index (χ4v) is 2.96. The minimum atomic E-state index is -3.69. The normalized spacial score (nSPS) is 11.7. The van der Waals surface area contributed by atoms with Crippen LogP contribution < -0.4 is 5.43 Å². The topological polar surface area (TPSA) is 78.8 Å². The molecule has 0 saturated heterocycles. The molecule has 0 aromatic heterocycles. The van der Waals surface area contributed by atoms with Gasteiger partial charge in [0.2, 0.25) is 10.0 Å². The zero-order valence-electron chi connectivity index (χ0n) is 12.6. The largest absolute Gasteiger partial charge is 0.272 e. The van der Waals surface area contributed by atoms with Crippen LogP contribution in [0.1, 0.15) is 5.56 Å². The number of benzene rings is 2. The Bertz CT molecular complexity index is 775. The van der Waals surface area contributed by atoms with E-state index in [0.717, 1.165) is 9.87 Å². The van der Waals surface area contributed by atoms with Crippen molar-refractivity contribution in [2.75, 3.05) is 13.6 Å². The number of rotatable bonds is 6. The van der Waals surface area contributed by atoms with E-state index in [4.69, 9.17) is 0 Å². The quantitative estimate of drug-likeness (QED) is 0.643. The molecule has 0 spiro atoms. The molecule has 23 heavy (non-hydrogen) atoms. The molecule has 7 heteroatoms. The first-order chi connectivity index (χ1) is 11.0. The molecule has 120 valence electrons. The third-order valence-electron chi connectivity index (χ3n) is 3.02. The minimum absolute atomic E-state index is 0.142. The lowest BCUT2D eigenvalue weighted by Gasteiger charge is -2.15. The van der Waals surface area contributed by atoms with Gasteiger partial charge in [-0.1, -0.05) is 48.5 Å². The fraction of sp³-hybridized carbons (Fsp3) is 0.125. The summed E-state index contributed by atoms with van der Waals surface area (Å²) in [6.45, 7) is -0.316. The molecule has 0 fully saturated rings. The number of hydrazone groups is 1. The van der Waals surface area contributed by atoms with Gasteiger partial charge < -0.3 is 0 Å². The number of hydrogen-bond donors (Lipinski definition) is 1. The van der Waals surface area contributed by atoms with Crippen LogP contribution in [0.2, 0.25) is 0 Å². The SMILES string of the molecule is CN(CC(=O)N/N=C\c1ccccc1)S(=O)(=O)c1ccccc1. The highest BCUT2D eigenvalue weighted by Gasteiger charge is 2.22. The molecule has 0 aliphatic rings. The van der Waals surface area contributed by atoms with Crippen molar-refractivity contribution in [3.05, 3.63) is 66.2 Å². The van der Waals surface area contributed by atoms with Gasteiger partial charge in [0.05, 0.1) is 17.7 Å². The smallest absolute Gasteiger partial charge is 0.255 e. The standard InChI is InChI=1S/C16H17N3O3S/c1-19(23(21,22)15-10-6-3-7-11-15)13-16(20)18-17-12-14-8-4-2-5-9-14/h2-12H,13H2,1H3,(H,18,20)/b17-12-. The van der Waals surface area contributed by atoms with Crippen LogP contribution in [0.15, 0.2) is 70.7 Å². The molecule has 2 aromatic rings. The Hall–Kier alpha value is -2.51. The molecule has 6 nitrogen and oxygen atoms in total. The van der Waals surface area contributed by atoms with Crippen LogP contribution in [-0.2, 0) is 14.8 Å². The van der Waals surface area contributed by atoms with Gasteiger partial charge in [0.15, 0.2) is 0 Å². The van der Waals surface area contributed by atoms with Crippen LogP contribution in [0.4, 0.5) is 0 Å². The lowest BCUT2D eigenvalue weighted by atomic mass is 10.2. The van der Waals surface area contributed by atoms with E-state index in [2.05, 4.69) is 10.5 Å². The van der Waals surface area contributed by atoms with Gasteiger partial charge in [-0.05, 0) is 17.7 Å². The second kappa shape index (κ2) is 7.66. The lowest BCUT2D eigenvalue weighted by molar-refractivity contribution is -0.121. The van der Waals surface area contributed by atoms with Gasteiger partial charge in [-0.25, -0.2) is 13.8 Å². The average molecular weight is 331 g/mol. The fourth-order valence-electron chi connectivity index (χ4n) is 1.81. The van der Waals surface area contributed by atoms with Crippen molar-refractivity contribution in [3.63, 3.8) is 0 Å². The maximum absolute atomic E-state index is 12.3. The summed E-state index contributed by atoms with van der Waals surface area (Å²) in [5.74, 6) is -0.515. The van der Waals surface area contributed by atoms with E-state index < -0.39 is 15.9 Å². The van der Waals surface area contributed by atoms with Crippen molar-refractivity contribution >= 4 is 22.1 Å².